The second-order valence-corrected chi connectivity index (χ2v) is 17.1. The number of rotatable bonds is 46. The van der Waals surface area contributed by atoms with Gasteiger partial charge in [-0.15, -0.1) is 0 Å². The highest BCUT2D eigenvalue weighted by atomic mass is 16.6. The molecule has 0 aliphatic rings. The van der Waals surface area contributed by atoms with E-state index in [1.165, 1.54) is 116 Å². The predicted octanol–water partition coefficient (Wildman–Crippen LogP) is 17.2. The van der Waals surface area contributed by atoms with Crippen molar-refractivity contribution in [3.8, 4) is 0 Å². The van der Waals surface area contributed by atoms with E-state index in [0.717, 1.165) is 77.0 Å². The van der Waals surface area contributed by atoms with E-state index in [-0.39, 0.29) is 37.5 Å². The number of ether oxygens (including phenoxy) is 3. The van der Waals surface area contributed by atoms with E-state index in [2.05, 4.69) is 99.8 Å². The molecule has 0 saturated heterocycles. The van der Waals surface area contributed by atoms with Crippen molar-refractivity contribution in [2.45, 2.75) is 245 Å². The lowest BCUT2D eigenvalue weighted by Crippen LogP contribution is -2.30. The van der Waals surface area contributed by atoms with Gasteiger partial charge >= 0.3 is 17.9 Å². The van der Waals surface area contributed by atoms with Gasteiger partial charge in [0.2, 0.25) is 0 Å². The average molecular weight is 877 g/mol. The zero-order valence-electron chi connectivity index (χ0n) is 41.1. The predicted molar refractivity (Wildman–Crippen MR) is 270 cm³/mol. The largest absolute Gasteiger partial charge is 0.462 e. The molecule has 0 N–H and O–H groups in total. The molecule has 0 heterocycles. The van der Waals surface area contributed by atoms with Gasteiger partial charge in [-0.25, -0.2) is 0 Å². The quantitative estimate of drug-likeness (QED) is 0.0262. The maximum absolute atomic E-state index is 12.8. The zero-order chi connectivity index (χ0) is 45.8. The summed E-state index contributed by atoms with van der Waals surface area (Å²) in [5, 5.41) is 0. The van der Waals surface area contributed by atoms with E-state index in [0.29, 0.717) is 19.3 Å². The molecular formula is C57H96O6. The standard InChI is InChI=1S/C57H96O6/c1-4-7-10-13-16-19-22-24-26-27-28-29-31-32-35-38-41-44-47-50-56(59)62-53-54(52-61-55(58)49-46-43-40-37-34-21-18-15-12-9-6-3)63-57(60)51-48-45-42-39-36-33-30-25-23-20-17-14-11-8-5-2/h15-16,18-20,23-24,26,28-29,32,35,41,44,54H,4-14,17,21-22,25,27,30-31,33-34,36-40,42-43,45-53H2,1-3H3/b18-15-,19-16-,23-20-,26-24-,29-28-,35-32-,44-41-/t54-/m0/s1. The van der Waals surface area contributed by atoms with Crippen LogP contribution in [0.3, 0.4) is 0 Å². The molecule has 0 aromatic heterocycles. The van der Waals surface area contributed by atoms with Gasteiger partial charge in [-0.1, -0.05) is 202 Å². The molecule has 360 valence electrons. The van der Waals surface area contributed by atoms with Crippen LogP contribution >= 0.6 is 0 Å². The fourth-order valence-corrected chi connectivity index (χ4v) is 6.87. The molecule has 0 bridgehead atoms. The van der Waals surface area contributed by atoms with Crippen molar-refractivity contribution in [3.05, 3.63) is 85.1 Å². The highest BCUT2D eigenvalue weighted by Gasteiger charge is 2.19. The monoisotopic (exact) mass is 877 g/mol. The van der Waals surface area contributed by atoms with E-state index in [9.17, 15) is 14.4 Å². The van der Waals surface area contributed by atoms with Crippen LogP contribution in [-0.4, -0.2) is 37.2 Å². The number of allylic oxidation sites excluding steroid dienone is 14. The van der Waals surface area contributed by atoms with Gasteiger partial charge in [-0.2, -0.15) is 0 Å². The number of esters is 3. The number of carbonyl (C=O) groups excluding carboxylic acids is 3. The van der Waals surface area contributed by atoms with Crippen LogP contribution in [0.4, 0.5) is 0 Å². The summed E-state index contributed by atoms with van der Waals surface area (Å²) in [7, 11) is 0. The van der Waals surface area contributed by atoms with Crippen LogP contribution < -0.4 is 0 Å². The van der Waals surface area contributed by atoms with Crippen molar-refractivity contribution in [3.63, 3.8) is 0 Å². The van der Waals surface area contributed by atoms with Gasteiger partial charge in [-0.05, 0) is 103 Å². The molecule has 0 aromatic carbocycles. The fourth-order valence-electron chi connectivity index (χ4n) is 6.87. The number of hydrogen-bond donors (Lipinski definition) is 0. The summed E-state index contributed by atoms with van der Waals surface area (Å²) < 4.78 is 16.7. The second kappa shape index (κ2) is 51.2. The molecule has 0 aliphatic carbocycles. The van der Waals surface area contributed by atoms with Crippen LogP contribution in [0.15, 0.2) is 85.1 Å². The summed E-state index contributed by atoms with van der Waals surface area (Å²) in [4.78, 5) is 37.9. The van der Waals surface area contributed by atoms with Crippen LogP contribution in [0.5, 0.6) is 0 Å². The first kappa shape index (κ1) is 59.6. The minimum Gasteiger partial charge on any atom is -0.462 e. The van der Waals surface area contributed by atoms with Crippen LogP contribution in [0.2, 0.25) is 0 Å². The lowest BCUT2D eigenvalue weighted by atomic mass is 10.1. The van der Waals surface area contributed by atoms with E-state index in [1.54, 1.807) is 0 Å². The minimum atomic E-state index is -0.811. The topological polar surface area (TPSA) is 78.9 Å². The summed E-state index contributed by atoms with van der Waals surface area (Å²) in [5.74, 6) is -1.01. The second-order valence-electron chi connectivity index (χ2n) is 17.1. The minimum absolute atomic E-state index is 0.106. The molecule has 63 heavy (non-hydrogen) atoms. The van der Waals surface area contributed by atoms with Crippen molar-refractivity contribution < 1.29 is 28.6 Å². The highest BCUT2D eigenvalue weighted by Crippen LogP contribution is 2.13. The summed E-state index contributed by atoms with van der Waals surface area (Å²) in [6, 6.07) is 0. The Kier molecular flexibility index (Phi) is 48.5. The smallest absolute Gasteiger partial charge is 0.306 e. The maximum Gasteiger partial charge on any atom is 0.306 e. The Bertz CT molecular complexity index is 1240. The Morgan fingerprint density at radius 1 is 0.317 bits per heavy atom. The van der Waals surface area contributed by atoms with Crippen molar-refractivity contribution >= 4 is 17.9 Å². The molecular weight excluding hydrogens is 781 g/mol. The highest BCUT2D eigenvalue weighted by molar-refractivity contribution is 5.71. The SMILES string of the molecule is CCCC/C=C\CCCCCCCC(=O)OC[C@@H](COC(=O)CC/C=C\C/C=C\C/C=C\C/C=C\C/C=C\CCCCC)OC(=O)CCCCCCCCC/C=C\CCCCCC. The van der Waals surface area contributed by atoms with Gasteiger partial charge in [0.25, 0.3) is 0 Å². The van der Waals surface area contributed by atoms with E-state index in [4.69, 9.17) is 14.2 Å². The van der Waals surface area contributed by atoms with E-state index in [1.807, 2.05) is 6.08 Å². The number of carbonyl (C=O) groups is 3. The Balaban J connectivity index is 4.49. The molecule has 0 rings (SSSR count). The van der Waals surface area contributed by atoms with Crippen molar-refractivity contribution in [2.75, 3.05) is 13.2 Å². The third-order valence-corrected chi connectivity index (χ3v) is 10.9. The maximum atomic E-state index is 12.8. The summed E-state index contributed by atoms with van der Waals surface area (Å²) in [6.07, 6.45) is 65.8. The molecule has 0 saturated carbocycles. The zero-order valence-corrected chi connectivity index (χ0v) is 41.1. The van der Waals surface area contributed by atoms with Crippen LogP contribution in [0.25, 0.3) is 0 Å². The van der Waals surface area contributed by atoms with E-state index >= 15 is 0 Å². The Morgan fingerprint density at radius 3 is 1.08 bits per heavy atom. The van der Waals surface area contributed by atoms with Gasteiger partial charge in [0, 0.05) is 19.3 Å². The van der Waals surface area contributed by atoms with Gasteiger partial charge < -0.3 is 14.2 Å². The molecule has 0 aliphatic heterocycles. The Labute approximate surface area is 388 Å². The summed E-state index contributed by atoms with van der Waals surface area (Å²) >= 11 is 0. The molecule has 6 heteroatoms. The first-order valence-electron chi connectivity index (χ1n) is 26.1. The normalized spacial score (nSPS) is 12.7. The van der Waals surface area contributed by atoms with Crippen LogP contribution in [0.1, 0.15) is 239 Å². The van der Waals surface area contributed by atoms with Crippen molar-refractivity contribution in [2.24, 2.45) is 0 Å². The van der Waals surface area contributed by atoms with Crippen LogP contribution in [-0.2, 0) is 28.6 Å². The first-order valence-corrected chi connectivity index (χ1v) is 26.1. The molecule has 0 aromatic rings. The molecule has 0 unspecified atom stereocenters. The first-order chi connectivity index (χ1) is 31.0. The molecule has 0 amide bonds. The van der Waals surface area contributed by atoms with Crippen molar-refractivity contribution in [1.82, 2.24) is 0 Å². The van der Waals surface area contributed by atoms with Gasteiger partial charge in [0.15, 0.2) is 6.10 Å². The molecule has 6 nitrogen and oxygen atoms in total. The molecule has 0 radical (unpaired) electrons. The molecule has 1 atom stereocenters. The molecule has 0 fully saturated rings. The molecule has 0 spiro atoms. The third-order valence-electron chi connectivity index (χ3n) is 10.9. The lowest BCUT2D eigenvalue weighted by Gasteiger charge is -2.18. The average Bonchev–Trinajstić information content (AvgIpc) is 3.28. The third kappa shape index (κ3) is 49.5. The number of hydrogen-bond acceptors (Lipinski definition) is 6. The van der Waals surface area contributed by atoms with Crippen molar-refractivity contribution in [1.29, 1.82) is 0 Å². The number of unbranched alkanes of at least 4 members (excludes halogenated alkanes) is 21. The van der Waals surface area contributed by atoms with Crippen LogP contribution in [0, 0.1) is 0 Å². The lowest BCUT2D eigenvalue weighted by molar-refractivity contribution is -0.166. The van der Waals surface area contributed by atoms with E-state index < -0.39 is 6.10 Å². The Hall–Kier alpha value is -3.41. The van der Waals surface area contributed by atoms with Gasteiger partial charge in [0.05, 0.1) is 0 Å². The summed E-state index contributed by atoms with van der Waals surface area (Å²) in [6.45, 7) is 6.48. The van der Waals surface area contributed by atoms with Gasteiger partial charge in [0.1, 0.15) is 13.2 Å². The fraction of sp³-hybridized carbons (Fsp3) is 0.702. The van der Waals surface area contributed by atoms with Gasteiger partial charge in [-0.3, -0.25) is 14.4 Å². The summed E-state index contributed by atoms with van der Waals surface area (Å²) in [5.41, 5.74) is 0. The Morgan fingerprint density at radius 2 is 0.619 bits per heavy atom.